The molecule has 0 saturated carbocycles. The number of hydrogen-bond acceptors (Lipinski definition) is 6. The third-order valence-electron chi connectivity index (χ3n) is 3.64. The highest BCUT2D eigenvalue weighted by Gasteiger charge is 2.26. The van der Waals surface area contributed by atoms with Crippen molar-refractivity contribution in [2.24, 2.45) is 0 Å². The molecule has 1 heterocycles. The minimum absolute atomic E-state index is 0.0761. The Balaban J connectivity index is 0.000000499. The van der Waals surface area contributed by atoms with Gasteiger partial charge in [0, 0.05) is 44.4 Å². The van der Waals surface area contributed by atoms with Gasteiger partial charge >= 0.3 is 5.97 Å². The van der Waals surface area contributed by atoms with E-state index < -0.39 is 17.8 Å². The van der Waals surface area contributed by atoms with E-state index >= 15 is 0 Å². The maximum absolute atomic E-state index is 11.3. The van der Waals surface area contributed by atoms with Crippen molar-refractivity contribution in [3.05, 3.63) is 29.8 Å². The van der Waals surface area contributed by atoms with Gasteiger partial charge < -0.3 is 15.5 Å². The van der Waals surface area contributed by atoms with Crippen molar-refractivity contribution in [1.82, 2.24) is 5.06 Å². The quantitative estimate of drug-likeness (QED) is 0.292. The topological polar surface area (TPSA) is 144 Å². The Bertz CT molecular complexity index is 804. The van der Waals surface area contributed by atoms with Crippen molar-refractivity contribution < 1.29 is 34.6 Å². The molecule has 0 spiro atoms. The number of benzene rings is 1. The second-order valence-electron chi connectivity index (χ2n) is 6.12. The van der Waals surface area contributed by atoms with Gasteiger partial charge in [-0.3, -0.25) is 24.4 Å². The number of amides is 3. The number of hydrogen-bond donors (Lipinski definition) is 4. The molecule has 1 aliphatic rings. The van der Waals surface area contributed by atoms with Crippen molar-refractivity contribution in [3.8, 4) is 24.7 Å². The molecule has 0 atom stereocenters. The molecule has 4 N–H and O–H groups in total. The molecule has 166 valence electrons. The minimum atomic E-state index is -0.835. The number of imide groups is 1. The molecule has 1 aromatic rings. The summed E-state index contributed by atoms with van der Waals surface area (Å²) in [6, 6.07) is 7.40. The normalized spacial score (nSPS) is 11.8. The third kappa shape index (κ3) is 13.2. The number of aliphatic hydroxyl groups is 1. The van der Waals surface area contributed by atoms with Gasteiger partial charge in [-0.05, 0) is 24.1 Å². The number of carbonyl (C=O) groups excluding carboxylic acids is 3. The average Bonchev–Trinajstić information content (AvgIpc) is 3.04. The van der Waals surface area contributed by atoms with Gasteiger partial charge in [0.1, 0.15) is 0 Å². The van der Waals surface area contributed by atoms with Crippen LogP contribution in [0.2, 0.25) is 0 Å². The van der Waals surface area contributed by atoms with Crippen LogP contribution in [0.5, 0.6) is 0 Å². The summed E-state index contributed by atoms with van der Waals surface area (Å²) < 4.78 is 0. The fourth-order valence-electron chi connectivity index (χ4n) is 2.04. The molecule has 0 bridgehead atoms. The lowest BCUT2D eigenvalue weighted by Crippen LogP contribution is -2.24. The fourth-order valence-corrected chi connectivity index (χ4v) is 2.04. The van der Waals surface area contributed by atoms with E-state index in [1.54, 1.807) is 0 Å². The van der Waals surface area contributed by atoms with Crippen LogP contribution in [0.15, 0.2) is 24.3 Å². The predicted octanol–water partition coefficient (Wildman–Crippen LogP) is 1.58. The molecule has 1 aliphatic heterocycles. The first-order valence-corrected chi connectivity index (χ1v) is 9.38. The van der Waals surface area contributed by atoms with E-state index in [-0.39, 0.29) is 36.8 Å². The summed E-state index contributed by atoms with van der Waals surface area (Å²) in [5.74, 6) is 2.72. The van der Waals surface area contributed by atoms with Gasteiger partial charge in [0.15, 0.2) is 0 Å². The van der Waals surface area contributed by atoms with E-state index in [0.717, 1.165) is 11.3 Å². The van der Waals surface area contributed by atoms with E-state index in [4.69, 9.17) is 28.3 Å². The molecular formula is C22H26N2O7. The number of hydroxylamine groups is 2. The number of carboxylic acids is 1. The zero-order chi connectivity index (χ0) is 23.6. The smallest absolute Gasteiger partial charge is 0.304 e. The second-order valence-corrected chi connectivity index (χ2v) is 6.12. The highest BCUT2D eigenvalue weighted by molar-refractivity contribution is 6.00. The van der Waals surface area contributed by atoms with Gasteiger partial charge in [-0.1, -0.05) is 12.1 Å². The van der Waals surface area contributed by atoms with Crippen LogP contribution in [0.1, 0.15) is 44.1 Å². The van der Waals surface area contributed by atoms with Crippen LogP contribution >= 0.6 is 0 Å². The van der Waals surface area contributed by atoms with Crippen LogP contribution in [0.4, 0.5) is 5.69 Å². The number of terminal acetylenes is 2. The second kappa shape index (κ2) is 16.2. The van der Waals surface area contributed by atoms with E-state index in [1.165, 1.54) is 0 Å². The first-order chi connectivity index (χ1) is 14.7. The van der Waals surface area contributed by atoms with Crippen molar-refractivity contribution in [2.75, 3.05) is 11.9 Å². The molecule has 0 unspecified atom stereocenters. The summed E-state index contributed by atoms with van der Waals surface area (Å²) in [6.07, 6.45) is 12.0. The van der Waals surface area contributed by atoms with E-state index in [2.05, 4.69) is 17.2 Å². The van der Waals surface area contributed by atoms with Crippen molar-refractivity contribution >= 4 is 29.4 Å². The number of carbonyl (C=O) groups is 4. The molecule has 0 aromatic heterocycles. The molecule has 0 radical (unpaired) electrons. The molecule has 1 fully saturated rings. The number of rotatable bonds is 7. The molecule has 3 amide bonds. The number of anilines is 1. The van der Waals surface area contributed by atoms with E-state index in [0.29, 0.717) is 25.7 Å². The fraction of sp³-hybridized carbons (Fsp3) is 0.364. The molecule has 1 aromatic carbocycles. The van der Waals surface area contributed by atoms with Crippen LogP contribution in [-0.2, 0) is 25.6 Å². The number of aliphatic hydroxyl groups excluding tert-OH is 1. The Hall–Kier alpha value is -3.66. The average molecular weight is 430 g/mol. The Labute approximate surface area is 181 Å². The summed E-state index contributed by atoms with van der Waals surface area (Å²) in [7, 11) is 0. The molecule has 2 rings (SSSR count). The van der Waals surface area contributed by atoms with Gasteiger partial charge in [-0.15, -0.1) is 24.7 Å². The zero-order valence-corrected chi connectivity index (χ0v) is 17.0. The van der Waals surface area contributed by atoms with Crippen LogP contribution in [0.3, 0.4) is 0 Å². The summed E-state index contributed by atoms with van der Waals surface area (Å²) >= 11 is 0. The Morgan fingerprint density at radius 2 is 1.52 bits per heavy atom. The third-order valence-corrected chi connectivity index (χ3v) is 3.64. The molecule has 1 saturated heterocycles. The number of nitrogens with zero attached hydrogens (tertiary/aromatic N) is 1. The molecule has 31 heavy (non-hydrogen) atoms. The lowest BCUT2D eigenvalue weighted by Gasteiger charge is -2.05. The van der Waals surface area contributed by atoms with Crippen molar-refractivity contribution in [3.63, 3.8) is 0 Å². The first-order valence-electron chi connectivity index (χ1n) is 9.38. The lowest BCUT2D eigenvalue weighted by molar-refractivity contribution is -0.171. The maximum atomic E-state index is 11.3. The number of aliphatic carboxylic acids is 1. The summed E-state index contributed by atoms with van der Waals surface area (Å²) in [5.41, 5.74) is 1.80. The largest absolute Gasteiger partial charge is 0.481 e. The van der Waals surface area contributed by atoms with Crippen molar-refractivity contribution in [2.45, 2.75) is 44.9 Å². The van der Waals surface area contributed by atoms with Gasteiger partial charge in [-0.2, -0.15) is 5.06 Å². The lowest BCUT2D eigenvalue weighted by atomic mass is 10.1. The minimum Gasteiger partial charge on any atom is -0.481 e. The zero-order valence-electron chi connectivity index (χ0n) is 17.0. The van der Waals surface area contributed by atoms with Gasteiger partial charge in [-0.25, -0.2) is 0 Å². The Morgan fingerprint density at radius 3 is 1.87 bits per heavy atom. The number of carboxylic acid groups (broad SMARTS) is 1. The van der Waals surface area contributed by atoms with Crippen LogP contribution in [-0.4, -0.2) is 50.8 Å². The SMILES string of the molecule is C#CCCC(=O)Nc1ccc(CCO)cc1.C#CCCC(=O)O.O=C1CCC(=O)N1O. The molecular weight excluding hydrogens is 404 g/mol. The molecule has 9 heteroatoms. The standard InChI is InChI=1S/C13H15NO2.C5H6O2.C4H5NO3/c1-2-3-4-13(16)14-12-7-5-11(6-8-12)9-10-15;1-2-3-4-5(6)7;6-3-1-2-4(7)5(3)8/h1,5-8,15H,3-4,9-10H2,(H,14,16);1H,3-4H2,(H,6,7);8H,1-2H2. The monoisotopic (exact) mass is 430 g/mol. The summed E-state index contributed by atoms with van der Waals surface area (Å²) in [5, 5.41) is 28.0. The van der Waals surface area contributed by atoms with Gasteiger partial charge in [0.05, 0.1) is 6.42 Å². The van der Waals surface area contributed by atoms with Crippen LogP contribution in [0.25, 0.3) is 0 Å². The first kappa shape index (κ1) is 27.3. The molecule has 0 aliphatic carbocycles. The summed E-state index contributed by atoms with van der Waals surface area (Å²) in [4.78, 5) is 41.5. The van der Waals surface area contributed by atoms with Crippen molar-refractivity contribution in [1.29, 1.82) is 0 Å². The highest BCUT2D eigenvalue weighted by atomic mass is 16.5. The van der Waals surface area contributed by atoms with Crippen LogP contribution < -0.4 is 5.32 Å². The molecule has 9 nitrogen and oxygen atoms in total. The number of nitrogens with one attached hydrogen (secondary N) is 1. The maximum Gasteiger partial charge on any atom is 0.304 e. The summed E-state index contributed by atoms with van der Waals surface area (Å²) in [6.45, 7) is 0.133. The Kier molecular flexibility index (Phi) is 14.3. The van der Waals surface area contributed by atoms with Gasteiger partial charge in [0.2, 0.25) is 5.91 Å². The Morgan fingerprint density at radius 1 is 1.00 bits per heavy atom. The highest BCUT2D eigenvalue weighted by Crippen LogP contribution is 2.10. The van der Waals surface area contributed by atoms with E-state index in [1.807, 2.05) is 24.3 Å². The van der Waals surface area contributed by atoms with Gasteiger partial charge in [0.25, 0.3) is 11.8 Å². The predicted molar refractivity (Wildman–Crippen MR) is 113 cm³/mol. The van der Waals surface area contributed by atoms with Crippen LogP contribution in [0, 0.1) is 24.7 Å². The van der Waals surface area contributed by atoms with E-state index in [9.17, 15) is 19.2 Å².